The minimum Gasteiger partial charge on any atom is -0.490 e. The lowest BCUT2D eigenvalue weighted by Crippen LogP contribution is -2.27. The van der Waals surface area contributed by atoms with Gasteiger partial charge in [-0.2, -0.15) is 0 Å². The number of amides is 2. The van der Waals surface area contributed by atoms with Crippen molar-refractivity contribution in [2.45, 2.75) is 26.5 Å². The molecular weight excluding hydrogens is 577 g/mol. The number of fused-ring (bicyclic) bond motifs is 1. The van der Waals surface area contributed by atoms with Crippen molar-refractivity contribution in [1.29, 1.82) is 0 Å². The molecule has 5 rings (SSSR count). The molecule has 0 atom stereocenters. The Hall–Kier alpha value is -3.71. The van der Waals surface area contributed by atoms with E-state index in [2.05, 4.69) is 6.58 Å². The first-order valence-corrected chi connectivity index (χ1v) is 14.6. The molecule has 0 N–H and O–H groups in total. The third kappa shape index (κ3) is 6.46. The second kappa shape index (κ2) is 12.9. The van der Waals surface area contributed by atoms with E-state index in [-0.39, 0.29) is 24.3 Å². The lowest BCUT2D eigenvalue weighted by atomic mass is 10.0. The molecule has 1 saturated heterocycles. The topological polar surface area (TPSA) is 55.8 Å². The van der Waals surface area contributed by atoms with Gasteiger partial charge in [0, 0.05) is 5.56 Å². The number of imide groups is 1. The number of halogens is 2. The average molecular weight is 605 g/mol. The van der Waals surface area contributed by atoms with Crippen molar-refractivity contribution in [2.75, 3.05) is 6.61 Å². The molecule has 1 fully saturated rings. The summed E-state index contributed by atoms with van der Waals surface area (Å²) in [6.45, 7) is 6.66. The van der Waals surface area contributed by atoms with Gasteiger partial charge in [0.15, 0.2) is 11.5 Å². The molecule has 0 aliphatic carbocycles. The summed E-state index contributed by atoms with van der Waals surface area (Å²) in [6.07, 6.45) is 4.02. The van der Waals surface area contributed by atoms with Gasteiger partial charge in [0.05, 0.1) is 28.1 Å². The van der Waals surface area contributed by atoms with E-state index in [1.54, 1.807) is 24.3 Å². The van der Waals surface area contributed by atoms with Gasteiger partial charge in [0.1, 0.15) is 6.61 Å². The second-order valence-corrected chi connectivity index (χ2v) is 11.2. The van der Waals surface area contributed by atoms with Crippen LogP contribution >= 0.6 is 35.0 Å². The van der Waals surface area contributed by atoms with Crippen molar-refractivity contribution < 1.29 is 19.1 Å². The van der Waals surface area contributed by atoms with Gasteiger partial charge in [-0.25, -0.2) is 0 Å². The van der Waals surface area contributed by atoms with Crippen LogP contribution in [-0.4, -0.2) is 22.7 Å². The number of allylic oxidation sites excluding steroid dienone is 1. The molecule has 0 saturated carbocycles. The van der Waals surface area contributed by atoms with Crippen molar-refractivity contribution in [1.82, 2.24) is 4.90 Å². The largest absolute Gasteiger partial charge is 0.490 e. The van der Waals surface area contributed by atoms with Gasteiger partial charge in [-0.15, -0.1) is 6.58 Å². The van der Waals surface area contributed by atoms with Crippen LogP contribution in [0.4, 0.5) is 4.79 Å². The molecule has 4 aromatic carbocycles. The number of nitrogens with zero attached hydrogens (tertiary/aromatic N) is 1. The molecule has 0 unspecified atom stereocenters. The Morgan fingerprint density at radius 1 is 0.927 bits per heavy atom. The molecule has 0 aromatic heterocycles. The number of hydrogen-bond acceptors (Lipinski definition) is 5. The van der Waals surface area contributed by atoms with Crippen molar-refractivity contribution >= 4 is 63.0 Å². The Bertz CT molecular complexity index is 1680. The van der Waals surface area contributed by atoms with Gasteiger partial charge < -0.3 is 9.47 Å². The maximum atomic E-state index is 13.4. The van der Waals surface area contributed by atoms with Crippen LogP contribution < -0.4 is 9.47 Å². The van der Waals surface area contributed by atoms with Gasteiger partial charge >= 0.3 is 0 Å². The Morgan fingerprint density at radius 2 is 1.73 bits per heavy atom. The van der Waals surface area contributed by atoms with E-state index in [9.17, 15) is 9.59 Å². The zero-order valence-electron chi connectivity index (χ0n) is 22.4. The van der Waals surface area contributed by atoms with Gasteiger partial charge in [-0.1, -0.05) is 77.8 Å². The minimum absolute atomic E-state index is 0.205. The lowest BCUT2D eigenvalue weighted by molar-refractivity contribution is -0.123. The zero-order chi connectivity index (χ0) is 28.9. The lowest BCUT2D eigenvalue weighted by Gasteiger charge is -2.17. The number of thioether (sulfide) groups is 1. The summed E-state index contributed by atoms with van der Waals surface area (Å²) in [7, 11) is 0. The molecule has 0 radical (unpaired) electrons. The van der Waals surface area contributed by atoms with Gasteiger partial charge in [-0.3, -0.25) is 14.5 Å². The number of benzene rings is 4. The Kier molecular flexibility index (Phi) is 9.03. The maximum Gasteiger partial charge on any atom is 0.293 e. The Labute approximate surface area is 253 Å². The molecule has 8 heteroatoms. The first kappa shape index (κ1) is 28.8. The third-order valence-electron chi connectivity index (χ3n) is 6.57. The third-order valence-corrected chi connectivity index (χ3v) is 8.21. The van der Waals surface area contributed by atoms with Crippen LogP contribution in [0, 0.1) is 0 Å². The van der Waals surface area contributed by atoms with Crippen LogP contribution in [0.25, 0.3) is 16.8 Å². The highest BCUT2D eigenvalue weighted by Crippen LogP contribution is 2.38. The quantitative estimate of drug-likeness (QED) is 0.134. The van der Waals surface area contributed by atoms with Crippen molar-refractivity contribution in [3.05, 3.63) is 123 Å². The summed E-state index contributed by atoms with van der Waals surface area (Å²) in [4.78, 5) is 28.0. The highest BCUT2D eigenvalue weighted by molar-refractivity contribution is 8.18. The van der Waals surface area contributed by atoms with E-state index < -0.39 is 0 Å². The highest BCUT2D eigenvalue weighted by Gasteiger charge is 2.35. The molecular formula is C33H27Cl2NO4S. The van der Waals surface area contributed by atoms with Crippen LogP contribution in [0.5, 0.6) is 11.5 Å². The average Bonchev–Trinajstić information content (AvgIpc) is 3.22. The van der Waals surface area contributed by atoms with E-state index in [1.807, 2.05) is 67.6 Å². The summed E-state index contributed by atoms with van der Waals surface area (Å²) < 4.78 is 12.2. The fourth-order valence-electron chi connectivity index (χ4n) is 4.67. The molecule has 4 aromatic rings. The van der Waals surface area contributed by atoms with Crippen molar-refractivity contribution in [3.8, 4) is 11.5 Å². The fourth-order valence-corrected chi connectivity index (χ4v) is 5.83. The van der Waals surface area contributed by atoms with Crippen molar-refractivity contribution in [3.63, 3.8) is 0 Å². The van der Waals surface area contributed by atoms with Crippen LogP contribution in [0.15, 0.2) is 90.4 Å². The molecule has 1 aliphatic heterocycles. The smallest absolute Gasteiger partial charge is 0.293 e. The predicted octanol–water partition coefficient (Wildman–Crippen LogP) is 9.09. The Balaban J connectivity index is 1.42. The molecule has 208 valence electrons. The fraction of sp³-hybridized carbons (Fsp3) is 0.152. The SMILES string of the molecule is C=CCc1cc(/C=C2/SC(=O)N(Cc3cccc4ccccc34)C2=O)cc(OCC)c1OCc1ccc(Cl)c(Cl)c1. The summed E-state index contributed by atoms with van der Waals surface area (Å²) in [5.41, 5.74) is 3.34. The zero-order valence-corrected chi connectivity index (χ0v) is 24.7. The molecule has 41 heavy (non-hydrogen) atoms. The molecule has 5 nitrogen and oxygen atoms in total. The monoisotopic (exact) mass is 603 g/mol. The number of carbonyl (C=O) groups excluding carboxylic acids is 2. The Morgan fingerprint density at radius 3 is 2.51 bits per heavy atom. The van der Waals surface area contributed by atoms with E-state index in [0.29, 0.717) is 39.5 Å². The molecule has 1 heterocycles. The standard InChI is InChI=1S/C33H27Cl2NO4S/c1-3-8-24-15-22(17-29(39-4-2)31(24)40-20-21-13-14-27(34)28(35)16-21)18-30-32(37)36(33(38)41-30)19-25-11-7-10-23-9-5-6-12-26(23)25/h3,5-7,9-18H,1,4,8,19-20H2,2H3/b30-18+. The second-order valence-electron chi connectivity index (χ2n) is 9.38. The molecule has 1 aliphatic rings. The number of carbonyl (C=O) groups is 2. The minimum atomic E-state index is -0.323. The summed E-state index contributed by atoms with van der Waals surface area (Å²) >= 11 is 13.2. The first-order chi connectivity index (χ1) is 19.9. The predicted molar refractivity (Wildman–Crippen MR) is 168 cm³/mol. The first-order valence-electron chi connectivity index (χ1n) is 13.1. The molecule has 2 amide bonds. The van der Waals surface area contributed by atoms with Crippen LogP contribution in [0.2, 0.25) is 10.0 Å². The van der Waals surface area contributed by atoms with E-state index in [4.69, 9.17) is 32.7 Å². The van der Waals surface area contributed by atoms with E-state index in [0.717, 1.165) is 44.8 Å². The van der Waals surface area contributed by atoms with E-state index >= 15 is 0 Å². The summed E-state index contributed by atoms with van der Waals surface area (Å²) in [6, 6.07) is 22.9. The van der Waals surface area contributed by atoms with Crippen LogP contribution in [-0.2, 0) is 24.4 Å². The maximum absolute atomic E-state index is 13.4. The number of ether oxygens (including phenoxy) is 2. The van der Waals surface area contributed by atoms with Gasteiger partial charge in [-0.05, 0) is 82.9 Å². The molecule has 0 bridgehead atoms. The molecule has 0 spiro atoms. The number of rotatable bonds is 10. The van der Waals surface area contributed by atoms with Gasteiger partial charge in [0.25, 0.3) is 11.1 Å². The van der Waals surface area contributed by atoms with Gasteiger partial charge in [0.2, 0.25) is 0 Å². The van der Waals surface area contributed by atoms with E-state index in [1.165, 1.54) is 4.90 Å². The normalized spacial score (nSPS) is 14.2. The number of hydrogen-bond donors (Lipinski definition) is 0. The summed E-state index contributed by atoms with van der Waals surface area (Å²) in [5.74, 6) is 0.795. The van der Waals surface area contributed by atoms with Crippen molar-refractivity contribution in [2.24, 2.45) is 0 Å². The highest BCUT2D eigenvalue weighted by atomic mass is 35.5. The summed E-state index contributed by atoms with van der Waals surface area (Å²) in [5, 5.41) is 2.71. The van der Waals surface area contributed by atoms with Crippen LogP contribution in [0.1, 0.15) is 29.2 Å². The van der Waals surface area contributed by atoms with Crippen LogP contribution in [0.3, 0.4) is 0 Å².